The molecule has 0 aromatic heterocycles. The van der Waals surface area contributed by atoms with Crippen LogP contribution in [0.25, 0.3) is 0 Å². The third-order valence-electron chi connectivity index (χ3n) is 11.5. The van der Waals surface area contributed by atoms with Crippen LogP contribution in [0.1, 0.15) is 66.7 Å². The molecule has 3 aliphatic carbocycles. The summed E-state index contributed by atoms with van der Waals surface area (Å²) in [5.41, 5.74) is 14.0. The summed E-state index contributed by atoms with van der Waals surface area (Å²) >= 11 is 0. The number of carbonyl (C=O) groups excluding carboxylic acids is 3. The second kappa shape index (κ2) is 12.1. The zero-order chi connectivity index (χ0) is 35.9. The SMILES string of the molecule is CCC1=C(C)C2=NC1=CC1=C(C)C3=C(O)CC(=C4NC(=CC5=NC(=C2)C(C2C=CCC6=C2C(=O)C=CC6=O)=C5C)[C@@H](C)[C@@H]4CCC(=O)OC)C3=N1. The number of esters is 1. The number of ketones is 2. The van der Waals surface area contributed by atoms with E-state index in [9.17, 15) is 19.5 Å². The summed E-state index contributed by atoms with van der Waals surface area (Å²) in [5, 5.41) is 15.1. The molecule has 9 nitrogen and oxygen atoms in total. The van der Waals surface area contributed by atoms with Crippen LogP contribution in [-0.2, 0) is 19.1 Å². The molecule has 0 aromatic rings. The van der Waals surface area contributed by atoms with Crippen molar-refractivity contribution in [2.75, 3.05) is 7.11 Å². The molecule has 258 valence electrons. The highest BCUT2D eigenvalue weighted by Crippen LogP contribution is 2.47. The van der Waals surface area contributed by atoms with Crippen molar-refractivity contribution in [1.29, 1.82) is 0 Å². The summed E-state index contributed by atoms with van der Waals surface area (Å²) in [6.45, 7) is 10.3. The van der Waals surface area contributed by atoms with E-state index in [0.29, 0.717) is 36.1 Å². The van der Waals surface area contributed by atoms with Crippen LogP contribution < -0.4 is 5.32 Å². The maximum atomic E-state index is 13.4. The molecule has 1 fully saturated rings. The Morgan fingerprint density at radius 3 is 2.45 bits per heavy atom. The largest absolute Gasteiger partial charge is 0.511 e. The molecule has 0 spiro atoms. The number of nitrogens with one attached hydrogen (secondary N) is 1. The average molecular weight is 681 g/mol. The Labute approximate surface area is 297 Å². The van der Waals surface area contributed by atoms with Crippen molar-refractivity contribution in [3.63, 3.8) is 0 Å². The molecule has 0 amide bonds. The van der Waals surface area contributed by atoms with Crippen molar-refractivity contribution >= 4 is 34.7 Å². The van der Waals surface area contributed by atoms with Crippen LogP contribution in [-0.4, -0.2) is 46.9 Å². The Kier molecular flexibility index (Phi) is 7.78. The van der Waals surface area contributed by atoms with Gasteiger partial charge in [0, 0.05) is 64.3 Å². The van der Waals surface area contributed by atoms with Gasteiger partial charge in [0.2, 0.25) is 0 Å². The van der Waals surface area contributed by atoms with Crippen molar-refractivity contribution in [3.05, 3.63) is 127 Å². The normalized spacial score (nSPS) is 26.6. The molecule has 0 radical (unpaired) electrons. The Balaban J connectivity index is 1.36. The Bertz CT molecular complexity index is 2250. The van der Waals surface area contributed by atoms with Crippen LogP contribution in [0, 0.1) is 17.8 Å². The third kappa shape index (κ3) is 5.04. The summed E-state index contributed by atoms with van der Waals surface area (Å²) in [5.74, 6) is -0.797. The summed E-state index contributed by atoms with van der Waals surface area (Å²) in [6.07, 6.45) is 15.2. The number of nitrogens with zero attached hydrogens (tertiary/aromatic N) is 3. The number of allylic oxidation sites excluding steroid dienone is 18. The number of fused-ring (bicyclic) bond motifs is 5. The highest BCUT2D eigenvalue weighted by Gasteiger charge is 2.42. The lowest BCUT2D eigenvalue weighted by Gasteiger charge is -2.26. The van der Waals surface area contributed by atoms with Gasteiger partial charge in [0.05, 0.1) is 41.3 Å². The first-order chi connectivity index (χ1) is 24.5. The first-order valence-electron chi connectivity index (χ1n) is 17.7. The second-order valence-corrected chi connectivity index (χ2v) is 14.2. The number of aliphatic imine (C=N–C) groups is 3. The molecule has 8 bridgehead atoms. The molecular weight excluding hydrogens is 640 g/mol. The van der Waals surface area contributed by atoms with E-state index in [1.54, 1.807) is 0 Å². The third-order valence-corrected chi connectivity index (χ3v) is 11.5. The summed E-state index contributed by atoms with van der Waals surface area (Å²) in [4.78, 5) is 54.3. The fraction of sp³-hybridized carbons (Fsp3) is 0.333. The number of aliphatic hydroxyl groups is 1. The Morgan fingerprint density at radius 2 is 1.69 bits per heavy atom. The quantitative estimate of drug-likeness (QED) is 0.180. The number of carbonyl (C=O) groups is 3. The molecule has 1 unspecified atom stereocenters. The molecule has 1 saturated heterocycles. The van der Waals surface area contributed by atoms with Gasteiger partial charge >= 0.3 is 5.97 Å². The monoisotopic (exact) mass is 680 g/mol. The highest BCUT2D eigenvalue weighted by atomic mass is 16.5. The van der Waals surface area contributed by atoms with Gasteiger partial charge < -0.3 is 15.2 Å². The Morgan fingerprint density at radius 1 is 0.941 bits per heavy atom. The van der Waals surface area contributed by atoms with E-state index < -0.39 is 5.92 Å². The standard InChI is InChI=1S/C42H40N4O5/c1-7-23-19(2)28-18-33-38(26-10-8-9-25-34(47)12-13-35(48)40(25)26)21(4)30(44-33)16-29-20(3)24(11-14-37(50)51-6)41(45-29)27-15-36(49)39-22(5)31(46-42(27)39)17-32(23)43-28/h8,10,12-13,16-18,20,24,26,45,49H,7,9,11,14-15H2,1-6H3/t20-,24-,26?/m0/s1. The first-order valence-corrected chi connectivity index (χ1v) is 17.7. The molecule has 5 aliphatic heterocycles. The summed E-state index contributed by atoms with van der Waals surface area (Å²) in [7, 11) is 1.40. The van der Waals surface area contributed by atoms with Crippen LogP contribution in [0.2, 0.25) is 0 Å². The maximum absolute atomic E-state index is 13.4. The van der Waals surface area contributed by atoms with Gasteiger partial charge in [0.1, 0.15) is 5.76 Å². The molecule has 5 heterocycles. The van der Waals surface area contributed by atoms with Crippen LogP contribution >= 0.6 is 0 Å². The molecular formula is C42H40N4O5. The van der Waals surface area contributed by atoms with E-state index in [1.807, 2.05) is 38.2 Å². The molecule has 51 heavy (non-hydrogen) atoms. The van der Waals surface area contributed by atoms with Crippen LogP contribution in [0.4, 0.5) is 0 Å². The number of hydrogen-bond donors (Lipinski definition) is 2. The van der Waals surface area contributed by atoms with Crippen LogP contribution in [0.3, 0.4) is 0 Å². The van der Waals surface area contributed by atoms with Gasteiger partial charge in [-0.25, -0.2) is 15.0 Å². The fourth-order valence-corrected chi connectivity index (χ4v) is 8.73. The fourth-order valence-electron chi connectivity index (χ4n) is 8.73. The molecule has 3 atom stereocenters. The zero-order valence-corrected chi connectivity index (χ0v) is 29.7. The van der Waals surface area contributed by atoms with Crippen LogP contribution in [0.15, 0.2) is 142 Å². The number of rotatable bonds is 5. The van der Waals surface area contributed by atoms with Crippen molar-refractivity contribution in [2.45, 2.75) is 66.7 Å². The van der Waals surface area contributed by atoms with Gasteiger partial charge in [0.15, 0.2) is 11.6 Å². The second-order valence-electron chi connectivity index (χ2n) is 14.2. The van der Waals surface area contributed by atoms with Crippen molar-refractivity contribution in [2.24, 2.45) is 32.7 Å². The predicted molar refractivity (Wildman–Crippen MR) is 197 cm³/mol. The lowest BCUT2D eigenvalue weighted by Crippen LogP contribution is -2.24. The van der Waals surface area contributed by atoms with E-state index in [-0.39, 0.29) is 41.6 Å². The van der Waals surface area contributed by atoms with Crippen molar-refractivity contribution < 1.29 is 24.2 Å². The molecule has 0 aromatic carbocycles. The van der Waals surface area contributed by atoms with E-state index >= 15 is 0 Å². The van der Waals surface area contributed by atoms with Gasteiger partial charge in [-0.15, -0.1) is 0 Å². The minimum Gasteiger partial charge on any atom is -0.511 e. The number of aliphatic hydroxyl groups excluding tert-OH is 1. The Hall–Kier alpha value is -5.44. The zero-order valence-electron chi connectivity index (χ0n) is 29.7. The molecule has 8 aliphatic rings. The van der Waals surface area contributed by atoms with Crippen molar-refractivity contribution in [1.82, 2.24) is 5.32 Å². The van der Waals surface area contributed by atoms with E-state index in [2.05, 4.69) is 32.2 Å². The highest BCUT2D eigenvalue weighted by molar-refractivity contribution is 6.23. The smallest absolute Gasteiger partial charge is 0.305 e. The number of methoxy groups -OCH3 is 1. The minimum atomic E-state index is -0.445. The predicted octanol–water partition coefficient (Wildman–Crippen LogP) is 7.19. The number of ether oxygens (including phenoxy) is 1. The lowest BCUT2D eigenvalue weighted by molar-refractivity contribution is -0.140. The van der Waals surface area contributed by atoms with E-state index in [1.165, 1.54) is 19.3 Å². The first kappa shape index (κ1) is 32.7. The van der Waals surface area contributed by atoms with Gasteiger partial charge in [-0.3, -0.25) is 14.4 Å². The molecule has 2 N–H and O–H groups in total. The molecule has 8 rings (SSSR count). The van der Waals surface area contributed by atoms with E-state index in [4.69, 9.17) is 19.7 Å². The van der Waals surface area contributed by atoms with Gasteiger partial charge in [-0.05, 0) is 98.3 Å². The molecule has 9 heteroatoms. The lowest BCUT2D eigenvalue weighted by atomic mass is 9.75. The average Bonchev–Trinajstić information content (AvgIpc) is 3.87. The van der Waals surface area contributed by atoms with Crippen LogP contribution in [0.5, 0.6) is 0 Å². The maximum Gasteiger partial charge on any atom is 0.305 e. The topological polar surface area (TPSA) is 130 Å². The summed E-state index contributed by atoms with van der Waals surface area (Å²) in [6, 6.07) is 0. The van der Waals surface area contributed by atoms with E-state index in [0.717, 1.165) is 85.4 Å². The molecule has 0 saturated carbocycles. The van der Waals surface area contributed by atoms with Gasteiger partial charge in [0.25, 0.3) is 0 Å². The van der Waals surface area contributed by atoms with Crippen molar-refractivity contribution in [3.8, 4) is 0 Å². The van der Waals surface area contributed by atoms with Gasteiger partial charge in [-0.2, -0.15) is 0 Å². The number of hydrogen-bond acceptors (Lipinski definition) is 9. The van der Waals surface area contributed by atoms with Gasteiger partial charge in [-0.1, -0.05) is 26.0 Å². The minimum absolute atomic E-state index is 0.0205. The summed E-state index contributed by atoms with van der Waals surface area (Å²) < 4.78 is 5.02.